The summed E-state index contributed by atoms with van der Waals surface area (Å²) in [5, 5.41) is 7.86. The number of nitrogens with one attached hydrogen (secondary N) is 1. The van der Waals surface area contributed by atoms with Gasteiger partial charge >= 0.3 is 0 Å². The summed E-state index contributed by atoms with van der Waals surface area (Å²) in [5.74, 6) is 0.516. The topological polar surface area (TPSA) is 98.5 Å². The number of amides is 1. The average Bonchev–Trinajstić information content (AvgIpc) is 2.54. The second-order valence-corrected chi connectivity index (χ2v) is 6.92. The summed E-state index contributed by atoms with van der Waals surface area (Å²) in [6, 6.07) is 12.1. The molecule has 1 amide bonds. The first-order chi connectivity index (χ1) is 11.3. The first kappa shape index (κ1) is 18.0. The van der Waals surface area contributed by atoms with Gasteiger partial charge in [0.05, 0.1) is 12.0 Å². The lowest BCUT2D eigenvalue weighted by atomic mass is 10.1. The van der Waals surface area contributed by atoms with Crippen LogP contribution >= 0.6 is 0 Å². The van der Waals surface area contributed by atoms with E-state index in [-0.39, 0.29) is 17.2 Å². The average molecular weight is 348 g/mol. The minimum atomic E-state index is -3.82. The summed E-state index contributed by atoms with van der Waals surface area (Å²) >= 11 is 0. The summed E-state index contributed by atoms with van der Waals surface area (Å²) in [7, 11) is -2.24. The van der Waals surface area contributed by atoms with Crippen molar-refractivity contribution in [3.05, 3.63) is 53.6 Å². The second kappa shape index (κ2) is 7.46. The predicted octanol–water partition coefficient (Wildman–Crippen LogP) is 2.22. The molecular formula is C17H20N2O4S. The molecule has 0 fully saturated rings. The standard InChI is InChI=1S/C17H20N2O4S/c1-12-7-9-14(11-16(12)24(18,21)22)19-17(20)10-8-13-5-3-4-6-15(13)23-2/h3-7,9,11H,8,10H2,1-2H3,(H,19,20)(H2,18,21,22). The number of carbonyl (C=O) groups is 1. The molecule has 0 spiro atoms. The van der Waals surface area contributed by atoms with Crippen molar-refractivity contribution in [2.75, 3.05) is 12.4 Å². The van der Waals surface area contributed by atoms with Gasteiger partial charge in [-0.05, 0) is 42.7 Å². The molecule has 7 heteroatoms. The number of rotatable bonds is 6. The lowest BCUT2D eigenvalue weighted by Crippen LogP contribution is -2.16. The molecule has 0 aliphatic carbocycles. The zero-order valence-electron chi connectivity index (χ0n) is 13.6. The fraction of sp³-hybridized carbons (Fsp3) is 0.235. The van der Waals surface area contributed by atoms with E-state index in [4.69, 9.17) is 9.88 Å². The molecule has 0 bridgehead atoms. The molecule has 0 heterocycles. The number of ether oxygens (including phenoxy) is 1. The summed E-state index contributed by atoms with van der Waals surface area (Å²) < 4.78 is 28.3. The molecule has 2 rings (SSSR count). The van der Waals surface area contributed by atoms with Crippen molar-refractivity contribution in [3.8, 4) is 5.75 Å². The molecule has 2 aromatic carbocycles. The molecule has 24 heavy (non-hydrogen) atoms. The van der Waals surface area contributed by atoms with Crippen LogP contribution in [0.2, 0.25) is 0 Å². The smallest absolute Gasteiger partial charge is 0.238 e. The molecular weight excluding hydrogens is 328 g/mol. The van der Waals surface area contributed by atoms with E-state index in [1.54, 1.807) is 26.2 Å². The largest absolute Gasteiger partial charge is 0.496 e. The number of primary sulfonamides is 1. The Hall–Kier alpha value is -2.38. The quantitative estimate of drug-likeness (QED) is 0.836. The van der Waals surface area contributed by atoms with Gasteiger partial charge in [-0.15, -0.1) is 0 Å². The van der Waals surface area contributed by atoms with Crippen molar-refractivity contribution >= 4 is 21.6 Å². The molecule has 6 nitrogen and oxygen atoms in total. The van der Waals surface area contributed by atoms with E-state index in [0.717, 1.165) is 11.3 Å². The minimum Gasteiger partial charge on any atom is -0.496 e. The van der Waals surface area contributed by atoms with E-state index in [1.165, 1.54) is 6.07 Å². The van der Waals surface area contributed by atoms with E-state index in [0.29, 0.717) is 17.7 Å². The molecule has 0 aliphatic heterocycles. The number of carbonyl (C=O) groups excluding carboxylic acids is 1. The maximum Gasteiger partial charge on any atom is 0.238 e. The van der Waals surface area contributed by atoms with Gasteiger partial charge in [-0.2, -0.15) is 0 Å². The van der Waals surface area contributed by atoms with Crippen LogP contribution in [0.5, 0.6) is 5.75 Å². The van der Waals surface area contributed by atoms with Crippen molar-refractivity contribution in [1.29, 1.82) is 0 Å². The Kier molecular flexibility index (Phi) is 5.58. The fourth-order valence-electron chi connectivity index (χ4n) is 2.37. The van der Waals surface area contributed by atoms with Crippen molar-refractivity contribution in [1.82, 2.24) is 0 Å². The monoisotopic (exact) mass is 348 g/mol. The molecule has 128 valence electrons. The third kappa shape index (κ3) is 4.56. The van der Waals surface area contributed by atoms with Gasteiger partial charge in [-0.1, -0.05) is 24.3 Å². The van der Waals surface area contributed by atoms with Crippen LogP contribution in [0.4, 0.5) is 5.69 Å². The maximum atomic E-state index is 12.1. The maximum absolute atomic E-state index is 12.1. The molecule has 2 aromatic rings. The molecule has 0 radical (unpaired) electrons. The summed E-state index contributed by atoms with van der Waals surface area (Å²) in [6.07, 6.45) is 0.767. The van der Waals surface area contributed by atoms with Crippen LogP contribution < -0.4 is 15.2 Å². The number of benzene rings is 2. The number of sulfonamides is 1. The highest BCUT2D eigenvalue weighted by atomic mass is 32.2. The van der Waals surface area contributed by atoms with Crippen LogP contribution in [0.3, 0.4) is 0 Å². The van der Waals surface area contributed by atoms with E-state index in [2.05, 4.69) is 5.32 Å². The van der Waals surface area contributed by atoms with E-state index in [1.807, 2.05) is 24.3 Å². The number of nitrogens with two attached hydrogens (primary N) is 1. The Balaban J connectivity index is 2.05. The van der Waals surface area contributed by atoms with Crippen LogP contribution in [-0.2, 0) is 21.2 Å². The van der Waals surface area contributed by atoms with Gasteiger partial charge in [-0.25, -0.2) is 13.6 Å². The van der Waals surface area contributed by atoms with Gasteiger partial charge in [0.25, 0.3) is 0 Å². The van der Waals surface area contributed by atoms with Crippen molar-refractivity contribution in [2.24, 2.45) is 5.14 Å². The molecule has 0 unspecified atom stereocenters. The Morgan fingerprint density at radius 3 is 2.58 bits per heavy atom. The molecule has 0 aliphatic rings. The molecule has 0 atom stereocenters. The predicted molar refractivity (Wildman–Crippen MR) is 92.5 cm³/mol. The van der Waals surface area contributed by atoms with Crippen LogP contribution in [0.1, 0.15) is 17.5 Å². The van der Waals surface area contributed by atoms with Gasteiger partial charge in [0, 0.05) is 12.1 Å². The highest BCUT2D eigenvalue weighted by Crippen LogP contribution is 2.21. The fourth-order valence-corrected chi connectivity index (χ4v) is 3.17. The SMILES string of the molecule is COc1ccccc1CCC(=O)Nc1ccc(C)c(S(N)(=O)=O)c1. The zero-order chi connectivity index (χ0) is 17.7. The molecule has 0 saturated heterocycles. The second-order valence-electron chi connectivity index (χ2n) is 5.39. The van der Waals surface area contributed by atoms with Crippen LogP contribution in [0.15, 0.2) is 47.4 Å². The third-order valence-corrected chi connectivity index (χ3v) is 4.65. The lowest BCUT2D eigenvalue weighted by molar-refractivity contribution is -0.116. The number of anilines is 1. The minimum absolute atomic E-state index is 0.00466. The molecule has 0 saturated carbocycles. The third-order valence-electron chi connectivity index (χ3n) is 3.59. The van der Waals surface area contributed by atoms with Gasteiger partial charge in [0.2, 0.25) is 15.9 Å². The summed E-state index contributed by atoms with van der Waals surface area (Å²) in [6.45, 7) is 1.65. The Morgan fingerprint density at radius 1 is 1.21 bits per heavy atom. The number of aryl methyl sites for hydroxylation is 2. The Labute approximate surface area is 141 Å². The van der Waals surface area contributed by atoms with Crippen LogP contribution in [-0.4, -0.2) is 21.4 Å². The highest BCUT2D eigenvalue weighted by Gasteiger charge is 2.13. The van der Waals surface area contributed by atoms with Gasteiger partial charge in [0.1, 0.15) is 5.75 Å². The normalized spacial score (nSPS) is 11.1. The molecule has 0 aromatic heterocycles. The van der Waals surface area contributed by atoms with Gasteiger partial charge < -0.3 is 10.1 Å². The Bertz CT molecular complexity index is 847. The summed E-state index contributed by atoms with van der Waals surface area (Å²) in [4.78, 5) is 12.1. The van der Waals surface area contributed by atoms with Crippen molar-refractivity contribution in [3.63, 3.8) is 0 Å². The van der Waals surface area contributed by atoms with E-state index >= 15 is 0 Å². The van der Waals surface area contributed by atoms with Crippen LogP contribution in [0.25, 0.3) is 0 Å². The number of methoxy groups -OCH3 is 1. The zero-order valence-corrected chi connectivity index (χ0v) is 14.4. The van der Waals surface area contributed by atoms with E-state index in [9.17, 15) is 13.2 Å². The van der Waals surface area contributed by atoms with Gasteiger partial charge in [-0.3, -0.25) is 4.79 Å². The molecule has 3 N–H and O–H groups in total. The first-order valence-corrected chi connectivity index (χ1v) is 8.91. The lowest BCUT2D eigenvalue weighted by Gasteiger charge is -2.10. The van der Waals surface area contributed by atoms with Crippen LogP contribution in [0, 0.1) is 6.92 Å². The Morgan fingerprint density at radius 2 is 1.92 bits per heavy atom. The van der Waals surface area contributed by atoms with Crippen molar-refractivity contribution in [2.45, 2.75) is 24.7 Å². The van der Waals surface area contributed by atoms with Crippen molar-refractivity contribution < 1.29 is 17.9 Å². The first-order valence-electron chi connectivity index (χ1n) is 7.36. The van der Waals surface area contributed by atoms with Gasteiger partial charge in [0.15, 0.2) is 0 Å². The number of para-hydroxylation sites is 1. The highest BCUT2D eigenvalue weighted by molar-refractivity contribution is 7.89. The van der Waals surface area contributed by atoms with E-state index < -0.39 is 10.0 Å². The number of hydrogen-bond acceptors (Lipinski definition) is 4. The number of hydrogen-bond donors (Lipinski definition) is 2. The summed E-state index contributed by atoms with van der Waals surface area (Å²) in [5.41, 5.74) is 1.86.